The summed E-state index contributed by atoms with van der Waals surface area (Å²) in [5, 5.41) is 8.11. The molecule has 0 saturated carbocycles. The largest absolute Gasteiger partial charge is 0.379 e. The van der Waals surface area contributed by atoms with Gasteiger partial charge in [0, 0.05) is 6.00 Å². The Kier molecular flexibility index (Phi) is 3.28. The number of ether oxygens (including phenoxy) is 1. The van der Waals surface area contributed by atoms with Gasteiger partial charge in [0.15, 0.2) is 0 Å². The SMILES string of the molecule is [B][C@H]1C[C@@H](ON)C(COO)O1. The van der Waals surface area contributed by atoms with Crippen molar-refractivity contribution in [3.63, 3.8) is 0 Å². The molecule has 1 fully saturated rings. The summed E-state index contributed by atoms with van der Waals surface area (Å²) < 4.78 is 5.09. The summed E-state index contributed by atoms with van der Waals surface area (Å²) in [6.45, 7) is 0.0234. The second-order valence-corrected chi connectivity index (χ2v) is 2.42. The molecule has 0 aromatic carbocycles. The van der Waals surface area contributed by atoms with E-state index >= 15 is 0 Å². The quantitative estimate of drug-likeness (QED) is 0.314. The van der Waals surface area contributed by atoms with E-state index in [9.17, 15) is 0 Å². The first-order valence-corrected chi connectivity index (χ1v) is 3.31. The van der Waals surface area contributed by atoms with Crippen molar-refractivity contribution >= 4 is 7.85 Å². The maximum Gasteiger partial charge on any atom is 0.111 e. The number of rotatable bonds is 3. The summed E-state index contributed by atoms with van der Waals surface area (Å²) in [7, 11) is 5.43. The van der Waals surface area contributed by atoms with Crippen molar-refractivity contribution in [2.45, 2.75) is 24.6 Å². The molecule has 1 heterocycles. The molecule has 2 radical (unpaired) electrons. The summed E-state index contributed by atoms with van der Waals surface area (Å²) in [5.74, 6) is 4.94. The topological polar surface area (TPSA) is 73.9 Å². The summed E-state index contributed by atoms with van der Waals surface area (Å²) in [4.78, 5) is 8.44. The molecule has 62 valence electrons. The van der Waals surface area contributed by atoms with Crippen LogP contribution >= 0.6 is 0 Å². The van der Waals surface area contributed by atoms with E-state index in [-0.39, 0.29) is 24.8 Å². The molecule has 3 atom stereocenters. The molecule has 3 N–H and O–H groups in total. The van der Waals surface area contributed by atoms with Crippen LogP contribution in [0.2, 0.25) is 0 Å². The fourth-order valence-electron chi connectivity index (χ4n) is 1.11. The van der Waals surface area contributed by atoms with Crippen molar-refractivity contribution in [3.8, 4) is 0 Å². The van der Waals surface area contributed by atoms with Gasteiger partial charge in [-0.25, -0.2) is 10.8 Å². The average molecular weight is 159 g/mol. The lowest BCUT2D eigenvalue weighted by Crippen LogP contribution is -2.30. The van der Waals surface area contributed by atoms with E-state index in [4.69, 9.17) is 23.7 Å². The molecule has 0 aliphatic carbocycles. The lowest BCUT2D eigenvalue weighted by atomic mass is 9.96. The minimum atomic E-state index is -0.385. The zero-order chi connectivity index (χ0) is 8.27. The van der Waals surface area contributed by atoms with Crippen LogP contribution in [0.5, 0.6) is 0 Å². The van der Waals surface area contributed by atoms with E-state index in [1.54, 1.807) is 0 Å². The van der Waals surface area contributed by atoms with Crippen LogP contribution in [0.4, 0.5) is 0 Å². The summed E-state index contributed by atoms with van der Waals surface area (Å²) in [6, 6.07) is -0.385. The van der Waals surface area contributed by atoms with Crippen LogP contribution < -0.4 is 5.90 Å². The molecule has 0 spiro atoms. The normalized spacial score (nSPS) is 37.8. The van der Waals surface area contributed by atoms with Crippen molar-refractivity contribution in [1.82, 2.24) is 0 Å². The Hall–Kier alpha value is -0.135. The number of nitrogens with two attached hydrogens (primary N) is 1. The molecule has 1 saturated heterocycles. The van der Waals surface area contributed by atoms with Gasteiger partial charge in [0.2, 0.25) is 0 Å². The molecule has 1 unspecified atom stereocenters. The number of hydrogen-bond donors (Lipinski definition) is 2. The maximum absolute atomic E-state index is 8.11. The van der Waals surface area contributed by atoms with Crippen LogP contribution in [0.3, 0.4) is 0 Å². The molecular weight excluding hydrogens is 149 g/mol. The fourth-order valence-corrected chi connectivity index (χ4v) is 1.11. The molecule has 1 aliphatic heterocycles. The lowest BCUT2D eigenvalue weighted by molar-refractivity contribution is -0.263. The molecule has 11 heavy (non-hydrogen) atoms. The van der Waals surface area contributed by atoms with Crippen LogP contribution in [0.1, 0.15) is 6.42 Å². The second-order valence-electron chi connectivity index (χ2n) is 2.42. The third-order valence-corrected chi connectivity index (χ3v) is 1.64. The van der Waals surface area contributed by atoms with Gasteiger partial charge in [-0.3, -0.25) is 10.1 Å². The van der Waals surface area contributed by atoms with Gasteiger partial charge in [0.05, 0.1) is 0 Å². The molecule has 1 rings (SSSR count). The minimum Gasteiger partial charge on any atom is -0.379 e. The summed E-state index contributed by atoms with van der Waals surface area (Å²) >= 11 is 0. The third-order valence-electron chi connectivity index (χ3n) is 1.64. The van der Waals surface area contributed by atoms with Crippen molar-refractivity contribution in [1.29, 1.82) is 0 Å². The Bertz CT molecular complexity index is 125. The predicted molar refractivity (Wildman–Crippen MR) is 36.7 cm³/mol. The van der Waals surface area contributed by atoms with Gasteiger partial charge in [-0.1, -0.05) is 0 Å². The Labute approximate surface area is 65.7 Å². The molecule has 5 nitrogen and oxygen atoms in total. The van der Waals surface area contributed by atoms with E-state index in [0.717, 1.165) is 0 Å². The van der Waals surface area contributed by atoms with E-state index in [0.29, 0.717) is 6.42 Å². The Morgan fingerprint density at radius 2 is 2.45 bits per heavy atom. The fraction of sp³-hybridized carbons (Fsp3) is 1.00. The van der Waals surface area contributed by atoms with Gasteiger partial charge < -0.3 is 4.74 Å². The Morgan fingerprint density at radius 1 is 1.73 bits per heavy atom. The smallest absolute Gasteiger partial charge is 0.111 e. The van der Waals surface area contributed by atoms with E-state index in [1.165, 1.54) is 0 Å². The zero-order valence-electron chi connectivity index (χ0n) is 5.97. The Balaban J connectivity index is 2.37. The second kappa shape index (κ2) is 4.03. The first kappa shape index (κ1) is 8.96. The van der Waals surface area contributed by atoms with Crippen LogP contribution in [0, 0.1) is 0 Å². The van der Waals surface area contributed by atoms with Crippen LogP contribution in [-0.4, -0.2) is 37.9 Å². The van der Waals surface area contributed by atoms with E-state index in [2.05, 4.69) is 9.73 Å². The van der Waals surface area contributed by atoms with Gasteiger partial charge >= 0.3 is 0 Å². The third kappa shape index (κ3) is 2.15. The highest BCUT2D eigenvalue weighted by Gasteiger charge is 2.33. The average Bonchev–Trinajstić information content (AvgIpc) is 2.32. The molecule has 6 heteroatoms. The molecule has 1 aliphatic rings. The highest BCUT2D eigenvalue weighted by Crippen LogP contribution is 2.20. The van der Waals surface area contributed by atoms with Crippen LogP contribution in [0.15, 0.2) is 0 Å². The van der Waals surface area contributed by atoms with Gasteiger partial charge in [-0.15, -0.1) is 0 Å². The first-order chi connectivity index (χ1) is 5.27. The summed E-state index contributed by atoms with van der Waals surface area (Å²) in [5.41, 5.74) is 0. The van der Waals surface area contributed by atoms with Gasteiger partial charge in [-0.2, -0.15) is 0 Å². The zero-order valence-corrected chi connectivity index (χ0v) is 5.97. The highest BCUT2D eigenvalue weighted by atomic mass is 17.1. The van der Waals surface area contributed by atoms with E-state index in [1.807, 2.05) is 0 Å². The molecule has 0 aromatic rings. The van der Waals surface area contributed by atoms with Crippen molar-refractivity contribution < 1.29 is 19.7 Å². The van der Waals surface area contributed by atoms with Crippen molar-refractivity contribution in [2.24, 2.45) is 5.90 Å². The summed E-state index contributed by atoms with van der Waals surface area (Å²) in [6.07, 6.45) is -0.151. The van der Waals surface area contributed by atoms with Crippen molar-refractivity contribution in [3.05, 3.63) is 0 Å². The van der Waals surface area contributed by atoms with Gasteiger partial charge in [-0.05, 0) is 6.42 Å². The lowest BCUT2D eigenvalue weighted by Gasteiger charge is -2.13. The van der Waals surface area contributed by atoms with Crippen LogP contribution in [-0.2, 0) is 14.5 Å². The molecule has 0 bridgehead atoms. The minimum absolute atomic E-state index is 0.0234. The van der Waals surface area contributed by atoms with Gasteiger partial charge in [0.1, 0.15) is 26.7 Å². The molecule has 0 amide bonds. The maximum atomic E-state index is 8.11. The van der Waals surface area contributed by atoms with Gasteiger partial charge in [0.25, 0.3) is 0 Å². The predicted octanol–water partition coefficient (Wildman–Crippen LogP) is -0.982. The van der Waals surface area contributed by atoms with E-state index < -0.39 is 0 Å². The standard InChI is InChI=1S/C5H10BNO4/c6-5-1-3(11-7)4(10-5)2-9-8/h3-5,8H,1-2,7H2/t3-,4?,5-/m1/s1. The van der Waals surface area contributed by atoms with Crippen LogP contribution in [0.25, 0.3) is 0 Å². The monoisotopic (exact) mass is 159 g/mol. The first-order valence-electron chi connectivity index (χ1n) is 3.31. The highest BCUT2D eigenvalue weighted by molar-refractivity contribution is 6.11. The molecular formula is C5H10BNO4. The van der Waals surface area contributed by atoms with Crippen molar-refractivity contribution in [2.75, 3.05) is 6.61 Å². The number of hydrogen-bond acceptors (Lipinski definition) is 5. The molecule has 0 aromatic heterocycles. The Morgan fingerprint density at radius 3 is 3.00 bits per heavy atom.